The Morgan fingerprint density at radius 2 is 1.67 bits per heavy atom. The number of nitrogens with zero attached hydrogens (tertiary/aromatic N) is 1. The van der Waals surface area contributed by atoms with Crippen molar-refractivity contribution < 1.29 is 14.4 Å². The molecule has 0 bridgehead atoms. The molecule has 0 saturated heterocycles. The summed E-state index contributed by atoms with van der Waals surface area (Å²) < 4.78 is 0. The predicted octanol–water partition coefficient (Wildman–Crippen LogP) is 4.00. The van der Waals surface area contributed by atoms with Crippen LogP contribution in [0.3, 0.4) is 0 Å². The summed E-state index contributed by atoms with van der Waals surface area (Å²) in [5, 5.41) is 5.84. The molecule has 0 saturated carbocycles. The van der Waals surface area contributed by atoms with E-state index in [2.05, 4.69) is 10.6 Å². The van der Waals surface area contributed by atoms with Gasteiger partial charge in [0.2, 0.25) is 17.7 Å². The second kappa shape index (κ2) is 11.4. The molecule has 2 rings (SSSR count). The van der Waals surface area contributed by atoms with Crippen LogP contribution in [0.1, 0.15) is 19.4 Å². The zero-order valence-electron chi connectivity index (χ0n) is 16.7. The van der Waals surface area contributed by atoms with Gasteiger partial charge in [0.1, 0.15) is 6.04 Å². The lowest BCUT2D eigenvalue weighted by Crippen LogP contribution is -2.48. The van der Waals surface area contributed by atoms with E-state index in [1.165, 1.54) is 11.0 Å². The Morgan fingerprint density at radius 1 is 1.03 bits per heavy atom. The lowest BCUT2D eigenvalue weighted by atomic mass is 10.2. The molecule has 0 aliphatic rings. The Morgan fingerprint density at radius 3 is 2.27 bits per heavy atom. The zero-order chi connectivity index (χ0) is 22.1. The minimum Gasteiger partial charge on any atom is -0.341 e. The van der Waals surface area contributed by atoms with Gasteiger partial charge in [-0.3, -0.25) is 14.4 Å². The van der Waals surface area contributed by atoms with Crippen molar-refractivity contribution in [3.63, 3.8) is 0 Å². The predicted molar refractivity (Wildman–Crippen MR) is 120 cm³/mol. The van der Waals surface area contributed by atoms with Crippen LogP contribution in [0.15, 0.2) is 54.6 Å². The Labute approximate surface area is 185 Å². The van der Waals surface area contributed by atoms with E-state index in [4.69, 9.17) is 23.2 Å². The molecule has 3 amide bonds. The third kappa shape index (κ3) is 6.90. The van der Waals surface area contributed by atoms with Crippen LogP contribution in [-0.2, 0) is 14.4 Å². The lowest BCUT2D eigenvalue weighted by molar-refractivity contribution is -0.137. The van der Waals surface area contributed by atoms with Gasteiger partial charge in [0.15, 0.2) is 0 Å². The van der Waals surface area contributed by atoms with E-state index >= 15 is 0 Å². The van der Waals surface area contributed by atoms with Gasteiger partial charge in [0, 0.05) is 12.6 Å². The van der Waals surface area contributed by atoms with Crippen LogP contribution in [0.2, 0.25) is 10.0 Å². The molecule has 2 aromatic rings. The smallest absolute Gasteiger partial charge is 0.245 e. The fourth-order valence-electron chi connectivity index (χ4n) is 2.65. The lowest BCUT2D eigenvalue weighted by Gasteiger charge is -2.24. The van der Waals surface area contributed by atoms with Gasteiger partial charge >= 0.3 is 0 Å². The van der Waals surface area contributed by atoms with E-state index in [0.29, 0.717) is 22.3 Å². The molecule has 158 valence electrons. The molecule has 1 atom stereocenters. The molecule has 2 aromatic carbocycles. The number of carbonyl (C=O) groups is 3. The first kappa shape index (κ1) is 23.4. The van der Waals surface area contributed by atoms with Crippen LogP contribution < -0.4 is 10.6 Å². The highest BCUT2D eigenvalue weighted by molar-refractivity contribution is 6.39. The highest BCUT2D eigenvalue weighted by atomic mass is 35.5. The first-order chi connectivity index (χ1) is 14.3. The summed E-state index contributed by atoms with van der Waals surface area (Å²) in [5.41, 5.74) is 1.17. The van der Waals surface area contributed by atoms with Crippen LogP contribution >= 0.6 is 23.2 Å². The molecular formula is C22H23Cl2N3O3. The number of para-hydroxylation sites is 1. The maximum absolute atomic E-state index is 12.7. The van der Waals surface area contributed by atoms with Crippen LogP contribution in [-0.4, -0.2) is 41.8 Å². The summed E-state index contributed by atoms with van der Waals surface area (Å²) in [4.78, 5) is 38.5. The molecule has 0 heterocycles. The fraction of sp³-hybridized carbons (Fsp3) is 0.227. The van der Waals surface area contributed by atoms with Gasteiger partial charge in [0.25, 0.3) is 0 Å². The normalized spacial score (nSPS) is 11.7. The highest BCUT2D eigenvalue weighted by Gasteiger charge is 2.23. The molecule has 0 aliphatic heterocycles. The standard InChI is InChI=1S/C22H23Cl2N3O3/c1-3-27(14-20(29)26-21-17(23)10-7-11-18(21)24)22(30)15(2)25-19(28)13-12-16-8-5-4-6-9-16/h4-13,15H,3,14H2,1-2H3,(H,25,28)(H,26,29)/b13-12+. The summed E-state index contributed by atoms with van der Waals surface area (Å²) in [6, 6.07) is 13.4. The van der Waals surface area contributed by atoms with Crippen molar-refractivity contribution >= 4 is 52.7 Å². The maximum Gasteiger partial charge on any atom is 0.245 e. The number of hydrogen-bond acceptors (Lipinski definition) is 3. The Balaban J connectivity index is 1.93. The number of hydrogen-bond donors (Lipinski definition) is 2. The topological polar surface area (TPSA) is 78.5 Å². The summed E-state index contributed by atoms with van der Waals surface area (Å²) in [6.45, 7) is 3.42. The highest BCUT2D eigenvalue weighted by Crippen LogP contribution is 2.29. The van der Waals surface area contributed by atoms with E-state index in [1.807, 2.05) is 30.3 Å². The van der Waals surface area contributed by atoms with Gasteiger partial charge in [-0.05, 0) is 37.6 Å². The van der Waals surface area contributed by atoms with Crippen molar-refractivity contribution in [2.75, 3.05) is 18.4 Å². The molecule has 0 aliphatic carbocycles. The Bertz CT molecular complexity index is 912. The minimum atomic E-state index is -0.797. The number of anilines is 1. The summed E-state index contributed by atoms with van der Waals surface area (Å²) >= 11 is 12.1. The summed E-state index contributed by atoms with van der Waals surface area (Å²) in [7, 11) is 0. The van der Waals surface area contributed by atoms with Crippen molar-refractivity contribution in [3.8, 4) is 0 Å². The van der Waals surface area contributed by atoms with E-state index in [9.17, 15) is 14.4 Å². The SMILES string of the molecule is CCN(CC(=O)Nc1c(Cl)cccc1Cl)C(=O)C(C)NC(=O)/C=C/c1ccccc1. The van der Waals surface area contributed by atoms with Gasteiger partial charge in [-0.2, -0.15) is 0 Å². The number of benzene rings is 2. The quantitative estimate of drug-likeness (QED) is 0.600. The van der Waals surface area contributed by atoms with Crippen LogP contribution in [0, 0.1) is 0 Å². The maximum atomic E-state index is 12.7. The molecule has 30 heavy (non-hydrogen) atoms. The summed E-state index contributed by atoms with van der Waals surface area (Å²) in [5.74, 6) is -1.22. The molecule has 0 radical (unpaired) electrons. The number of rotatable bonds is 8. The van der Waals surface area contributed by atoms with Crippen molar-refractivity contribution in [2.45, 2.75) is 19.9 Å². The minimum absolute atomic E-state index is 0.197. The Hall–Kier alpha value is -2.83. The van der Waals surface area contributed by atoms with Crippen molar-refractivity contribution in [1.82, 2.24) is 10.2 Å². The van der Waals surface area contributed by atoms with Crippen molar-refractivity contribution in [3.05, 3.63) is 70.2 Å². The van der Waals surface area contributed by atoms with Crippen LogP contribution in [0.5, 0.6) is 0 Å². The molecule has 0 fully saturated rings. The van der Waals surface area contributed by atoms with E-state index < -0.39 is 17.9 Å². The molecule has 2 N–H and O–H groups in total. The number of nitrogens with one attached hydrogen (secondary N) is 2. The second-order valence-electron chi connectivity index (χ2n) is 6.47. The molecular weight excluding hydrogens is 425 g/mol. The van der Waals surface area contributed by atoms with Crippen LogP contribution in [0.25, 0.3) is 6.08 Å². The second-order valence-corrected chi connectivity index (χ2v) is 7.29. The van der Waals surface area contributed by atoms with E-state index in [-0.39, 0.29) is 12.5 Å². The molecule has 1 unspecified atom stereocenters. The van der Waals surface area contributed by atoms with Gasteiger partial charge < -0.3 is 15.5 Å². The zero-order valence-corrected chi connectivity index (χ0v) is 18.2. The van der Waals surface area contributed by atoms with Crippen molar-refractivity contribution in [2.24, 2.45) is 0 Å². The molecule has 0 spiro atoms. The first-order valence-corrected chi connectivity index (χ1v) is 10.1. The molecule has 6 nitrogen and oxygen atoms in total. The van der Waals surface area contributed by atoms with Gasteiger partial charge in [-0.1, -0.05) is 59.6 Å². The summed E-state index contributed by atoms with van der Waals surface area (Å²) in [6.07, 6.45) is 3.02. The first-order valence-electron chi connectivity index (χ1n) is 9.38. The third-order valence-corrected chi connectivity index (χ3v) is 4.84. The molecule has 8 heteroatoms. The average molecular weight is 448 g/mol. The number of halogens is 2. The van der Waals surface area contributed by atoms with Gasteiger partial charge in [-0.25, -0.2) is 0 Å². The van der Waals surface area contributed by atoms with E-state index in [0.717, 1.165) is 5.56 Å². The fourth-order valence-corrected chi connectivity index (χ4v) is 3.14. The largest absolute Gasteiger partial charge is 0.341 e. The number of carbonyl (C=O) groups excluding carboxylic acids is 3. The average Bonchev–Trinajstić information content (AvgIpc) is 2.73. The van der Waals surface area contributed by atoms with Crippen LogP contribution in [0.4, 0.5) is 5.69 Å². The number of likely N-dealkylation sites (N-methyl/N-ethyl adjacent to an activating group) is 1. The number of amides is 3. The Kier molecular flexibility index (Phi) is 8.89. The van der Waals surface area contributed by atoms with Gasteiger partial charge in [0.05, 0.1) is 22.3 Å². The van der Waals surface area contributed by atoms with Crippen molar-refractivity contribution in [1.29, 1.82) is 0 Å². The van der Waals surface area contributed by atoms with E-state index in [1.54, 1.807) is 38.1 Å². The third-order valence-electron chi connectivity index (χ3n) is 4.21. The monoisotopic (exact) mass is 447 g/mol. The van der Waals surface area contributed by atoms with Gasteiger partial charge in [-0.15, -0.1) is 0 Å². The molecule has 0 aromatic heterocycles.